The quantitative estimate of drug-likeness (QED) is 0.823. The van der Waals surface area contributed by atoms with Gasteiger partial charge in [0, 0.05) is 5.92 Å². The number of hydrogen-bond donors (Lipinski definition) is 2. The molecule has 1 aromatic rings. The molecule has 3 N–H and O–H groups in total. The summed E-state index contributed by atoms with van der Waals surface area (Å²) in [5.74, 6) is -2.96. The summed E-state index contributed by atoms with van der Waals surface area (Å²) in [6, 6.07) is 8.41. The van der Waals surface area contributed by atoms with E-state index < -0.39 is 34.4 Å². The highest BCUT2D eigenvalue weighted by Gasteiger charge is 2.82. The summed E-state index contributed by atoms with van der Waals surface area (Å²) in [5, 5.41) is 19.6. The number of carboxylic acids is 1. The lowest BCUT2D eigenvalue weighted by Crippen LogP contribution is -2.45. The van der Waals surface area contributed by atoms with Gasteiger partial charge in [0.05, 0.1) is 18.0 Å². The second kappa shape index (κ2) is 5.92. The van der Waals surface area contributed by atoms with Crippen molar-refractivity contribution in [2.45, 2.75) is 26.2 Å². The predicted octanol–water partition coefficient (Wildman–Crippen LogP) is 2.15. The average Bonchev–Trinajstić information content (AvgIpc) is 3.14. The third-order valence-corrected chi connectivity index (χ3v) is 6.42. The molecule has 0 spiro atoms. The summed E-state index contributed by atoms with van der Waals surface area (Å²) in [6.45, 7) is 1.46. The van der Waals surface area contributed by atoms with E-state index in [1.807, 2.05) is 0 Å². The van der Waals surface area contributed by atoms with Gasteiger partial charge in [0.25, 0.3) is 0 Å². The Morgan fingerprint density at radius 1 is 1.44 bits per heavy atom. The van der Waals surface area contributed by atoms with E-state index in [1.165, 1.54) is 6.07 Å². The van der Waals surface area contributed by atoms with E-state index in [2.05, 4.69) is 6.07 Å². The van der Waals surface area contributed by atoms with Crippen molar-refractivity contribution in [2.75, 3.05) is 6.54 Å². The molecule has 0 aliphatic heterocycles. The molecule has 2 aliphatic rings. The van der Waals surface area contributed by atoms with Crippen molar-refractivity contribution in [1.29, 1.82) is 5.26 Å². The van der Waals surface area contributed by atoms with Crippen LogP contribution < -0.4 is 5.73 Å². The minimum absolute atomic E-state index is 0.234. The first kappa shape index (κ1) is 17.6. The minimum Gasteiger partial charge on any atom is -0.481 e. The minimum atomic E-state index is -1.45. The Bertz CT molecular complexity index is 774. The Morgan fingerprint density at radius 2 is 2.12 bits per heavy atom. The van der Waals surface area contributed by atoms with Gasteiger partial charge < -0.3 is 10.8 Å². The monoisotopic (exact) mass is 344 g/mol. The molecule has 0 aromatic heterocycles. The Labute approximate surface area is 145 Å². The highest BCUT2D eigenvalue weighted by Crippen LogP contribution is 2.77. The molecule has 0 radical (unpaired) electrons. The largest absolute Gasteiger partial charge is 0.481 e. The number of fused-ring (bicyclic) bond motifs is 1. The zero-order chi connectivity index (χ0) is 18.4. The van der Waals surface area contributed by atoms with Crippen LogP contribution in [-0.4, -0.2) is 23.4 Å². The van der Waals surface area contributed by atoms with Crippen LogP contribution in [0.25, 0.3) is 0 Å². The molecule has 5 unspecified atom stereocenters. The number of halogens is 1. The van der Waals surface area contributed by atoms with E-state index in [4.69, 9.17) is 5.73 Å². The smallest absolute Gasteiger partial charge is 0.310 e. The van der Waals surface area contributed by atoms with Crippen LogP contribution in [0.15, 0.2) is 24.3 Å². The van der Waals surface area contributed by atoms with Crippen LogP contribution in [-0.2, 0) is 16.0 Å². The van der Waals surface area contributed by atoms with Crippen LogP contribution >= 0.6 is 0 Å². The van der Waals surface area contributed by atoms with Gasteiger partial charge in [-0.25, -0.2) is 4.39 Å². The molecular formula is C19H21FN2O3. The number of aliphatic carboxylic acids is 1. The Hall–Kier alpha value is -2.26. The van der Waals surface area contributed by atoms with Gasteiger partial charge in [0.15, 0.2) is 5.78 Å². The molecule has 5 nitrogen and oxygen atoms in total. The first-order chi connectivity index (χ1) is 11.9. The number of benzene rings is 1. The van der Waals surface area contributed by atoms with Crippen LogP contribution in [0, 0.1) is 45.7 Å². The zero-order valence-electron chi connectivity index (χ0n) is 14.0. The zero-order valence-corrected chi connectivity index (χ0v) is 14.0. The lowest BCUT2D eigenvalue weighted by molar-refractivity contribution is -0.146. The third-order valence-electron chi connectivity index (χ3n) is 6.42. The van der Waals surface area contributed by atoms with Crippen LogP contribution in [0.5, 0.6) is 0 Å². The number of hydrogen-bond acceptors (Lipinski definition) is 4. The van der Waals surface area contributed by atoms with E-state index >= 15 is 0 Å². The van der Waals surface area contributed by atoms with E-state index in [0.29, 0.717) is 18.4 Å². The second-order valence-corrected chi connectivity index (χ2v) is 7.12. The SMILES string of the molecule is CCC1(C(=O)O)C2CC(Cc3ccccc3F)C(C#N)(C(=O)CN)C21. The normalized spacial score (nSPS) is 35.7. The predicted molar refractivity (Wildman–Crippen MR) is 87.7 cm³/mol. The van der Waals surface area contributed by atoms with E-state index in [0.717, 1.165) is 0 Å². The summed E-state index contributed by atoms with van der Waals surface area (Å²) in [4.78, 5) is 24.5. The van der Waals surface area contributed by atoms with Crippen LogP contribution in [0.2, 0.25) is 0 Å². The van der Waals surface area contributed by atoms with Gasteiger partial charge in [-0.1, -0.05) is 25.1 Å². The number of nitrogens with two attached hydrogens (primary N) is 1. The van der Waals surface area contributed by atoms with Crippen molar-refractivity contribution in [3.63, 3.8) is 0 Å². The Balaban J connectivity index is 2.02. The van der Waals surface area contributed by atoms with Crippen molar-refractivity contribution in [3.8, 4) is 6.07 Å². The molecule has 5 atom stereocenters. The summed E-state index contributed by atoms with van der Waals surface area (Å²) in [6.07, 6.45) is 1.03. The number of Topliss-reactive ketones (excluding diaryl/α,β-unsaturated/α-hetero) is 1. The number of carbonyl (C=O) groups is 2. The van der Waals surface area contributed by atoms with Gasteiger partial charge in [-0.05, 0) is 42.7 Å². The molecule has 2 saturated carbocycles. The maximum absolute atomic E-state index is 14.1. The number of ketones is 1. The number of nitrogens with zero attached hydrogens (tertiary/aromatic N) is 1. The molecular weight excluding hydrogens is 323 g/mol. The topological polar surface area (TPSA) is 104 Å². The Kier molecular flexibility index (Phi) is 4.16. The Morgan fingerprint density at radius 3 is 2.64 bits per heavy atom. The van der Waals surface area contributed by atoms with Crippen molar-refractivity contribution in [1.82, 2.24) is 0 Å². The van der Waals surface area contributed by atoms with Gasteiger partial charge in [-0.3, -0.25) is 9.59 Å². The fourth-order valence-corrected chi connectivity index (χ4v) is 5.23. The van der Waals surface area contributed by atoms with Crippen molar-refractivity contribution in [3.05, 3.63) is 35.6 Å². The maximum Gasteiger partial charge on any atom is 0.310 e. The van der Waals surface area contributed by atoms with Crippen LogP contribution in [0.4, 0.5) is 4.39 Å². The molecule has 0 bridgehead atoms. The third kappa shape index (κ3) is 2.15. The van der Waals surface area contributed by atoms with Crippen molar-refractivity contribution >= 4 is 11.8 Å². The summed E-state index contributed by atoms with van der Waals surface area (Å²) >= 11 is 0. The number of nitriles is 1. The van der Waals surface area contributed by atoms with Crippen LogP contribution in [0.3, 0.4) is 0 Å². The number of rotatable bonds is 6. The molecule has 2 fully saturated rings. The standard InChI is InChI=1S/C19H21FN2O3/c1-2-18(17(24)25)13-8-12(7-11-5-3-4-6-14(11)20)19(10-22,16(13)18)15(23)9-21/h3-6,12-13,16H,2,7-9,21H2,1H3,(H,24,25). The first-order valence-electron chi connectivity index (χ1n) is 8.51. The molecule has 3 rings (SSSR count). The highest BCUT2D eigenvalue weighted by molar-refractivity contribution is 5.94. The van der Waals surface area contributed by atoms with Gasteiger partial charge in [-0.15, -0.1) is 0 Å². The molecule has 2 aliphatic carbocycles. The molecule has 1 aromatic carbocycles. The molecule has 25 heavy (non-hydrogen) atoms. The van der Waals surface area contributed by atoms with Crippen LogP contribution in [0.1, 0.15) is 25.3 Å². The van der Waals surface area contributed by atoms with Gasteiger partial charge in [-0.2, -0.15) is 5.26 Å². The first-order valence-corrected chi connectivity index (χ1v) is 8.51. The molecule has 0 amide bonds. The van der Waals surface area contributed by atoms with Gasteiger partial charge in [0.2, 0.25) is 0 Å². The number of carbonyl (C=O) groups excluding carboxylic acids is 1. The van der Waals surface area contributed by atoms with Crippen molar-refractivity contribution in [2.24, 2.45) is 34.3 Å². The average molecular weight is 344 g/mol. The highest BCUT2D eigenvalue weighted by atomic mass is 19.1. The molecule has 0 saturated heterocycles. The summed E-state index contributed by atoms with van der Waals surface area (Å²) in [7, 11) is 0. The fourth-order valence-electron chi connectivity index (χ4n) is 5.23. The summed E-state index contributed by atoms with van der Waals surface area (Å²) < 4.78 is 14.1. The van der Waals surface area contributed by atoms with Crippen molar-refractivity contribution < 1.29 is 19.1 Å². The van der Waals surface area contributed by atoms with E-state index in [9.17, 15) is 24.3 Å². The number of carboxylic acid groups (broad SMARTS) is 1. The lowest BCUT2D eigenvalue weighted by atomic mass is 9.65. The maximum atomic E-state index is 14.1. The summed E-state index contributed by atoms with van der Waals surface area (Å²) in [5.41, 5.74) is 3.52. The molecule has 6 heteroatoms. The second-order valence-electron chi connectivity index (χ2n) is 7.12. The fraction of sp³-hybridized carbons (Fsp3) is 0.526. The van der Waals surface area contributed by atoms with Gasteiger partial charge in [0.1, 0.15) is 11.2 Å². The molecule has 132 valence electrons. The lowest BCUT2D eigenvalue weighted by Gasteiger charge is -2.33. The molecule has 0 heterocycles. The van der Waals surface area contributed by atoms with Gasteiger partial charge >= 0.3 is 5.97 Å². The van der Waals surface area contributed by atoms with E-state index in [1.54, 1.807) is 25.1 Å². The van der Waals surface area contributed by atoms with E-state index in [-0.39, 0.29) is 24.7 Å².